The summed E-state index contributed by atoms with van der Waals surface area (Å²) in [6.07, 6.45) is 2.38. The SMILES string of the molecule is Nc1ncc2ncn(OP(=O)(O)O)c2n1. The van der Waals surface area contributed by atoms with Gasteiger partial charge < -0.3 is 10.4 Å². The molecule has 0 unspecified atom stereocenters. The Morgan fingerprint density at radius 3 is 2.87 bits per heavy atom. The lowest BCUT2D eigenvalue weighted by atomic mass is 10.6. The summed E-state index contributed by atoms with van der Waals surface area (Å²) in [6, 6.07) is 0. The van der Waals surface area contributed by atoms with Gasteiger partial charge in [0.05, 0.1) is 6.20 Å². The Balaban J connectivity index is 2.53. The van der Waals surface area contributed by atoms with E-state index >= 15 is 0 Å². The molecule has 0 fully saturated rings. The molecule has 0 radical (unpaired) electrons. The molecule has 0 aliphatic heterocycles. The van der Waals surface area contributed by atoms with E-state index in [0.29, 0.717) is 5.52 Å². The molecule has 4 N–H and O–H groups in total. The third-order valence-corrected chi connectivity index (χ3v) is 1.86. The Kier molecular flexibility index (Phi) is 2.07. The molecule has 2 aromatic rings. The zero-order valence-corrected chi connectivity index (χ0v) is 8.07. The van der Waals surface area contributed by atoms with Crippen molar-refractivity contribution in [3.05, 3.63) is 12.5 Å². The number of anilines is 1. The summed E-state index contributed by atoms with van der Waals surface area (Å²) in [6.45, 7) is 0. The Bertz CT molecular complexity index is 547. The van der Waals surface area contributed by atoms with Gasteiger partial charge in [-0.3, -0.25) is 9.79 Å². The van der Waals surface area contributed by atoms with E-state index in [9.17, 15) is 4.57 Å². The molecule has 0 atom stereocenters. The van der Waals surface area contributed by atoms with Crippen LogP contribution in [0.15, 0.2) is 12.5 Å². The van der Waals surface area contributed by atoms with Crippen molar-refractivity contribution in [2.24, 2.45) is 0 Å². The Morgan fingerprint density at radius 2 is 2.20 bits per heavy atom. The second-order valence-corrected chi connectivity index (χ2v) is 3.72. The minimum absolute atomic E-state index is 0.0430. The topological polar surface area (TPSA) is 136 Å². The highest BCUT2D eigenvalue weighted by atomic mass is 31.2. The minimum Gasteiger partial charge on any atom is -0.368 e. The number of rotatable bonds is 2. The second kappa shape index (κ2) is 3.16. The van der Waals surface area contributed by atoms with E-state index in [4.69, 9.17) is 15.5 Å². The van der Waals surface area contributed by atoms with Gasteiger partial charge in [0.25, 0.3) is 0 Å². The molecule has 2 aromatic heterocycles. The molecular weight excluding hydrogens is 225 g/mol. The van der Waals surface area contributed by atoms with Gasteiger partial charge in [-0.15, -0.1) is 4.73 Å². The monoisotopic (exact) mass is 231 g/mol. The van der Waals surface area contributed by atoms with Gasteiger partial charge in [-0.05, 0) is 0 Å². The lowest BCUT2D eigenvalue weighted by Crippen LogP contribution is -2.08. The normalized spacial score (nSPS) is 11.9. The van der Waals surface area contributed by atoms with Crippen LogP contribution in [0.2, 0.25) is 0 Å². The van der Waals surface area contributed by atoms with Crippen molar-refractivity contribution >= 4 is 24.9 Å². The third-order valence-electron chi connectivity index (χ3n) is 1.47. The van der Waals surface area contributed by atoms with Crippen LogP contribution in [-0.2, 0) is 4.57 Å². The molecule has 2 rings (SSSR count). The molecule has 0 saturated carbocycles. The molecule has 2 heterocycles. The molecule has 80 valence electrons. The van der Waals surface area contributed by atoms with Crippen LogP contribution in [0.25, 0.3) is 11.2 Å². The van der Waals surface area contributed by atoms with E-state index in [0.717, 1.165) is 11.1 Å². The predicted molar refractivity (Wildman–Crippen MR) is 48.4 cm³/mol. The molecule has 0 amide bonds. The number of aromatic nitrogens is 4. The predicted octanol–water partition coefficient (Wildman–Crippen LogP) is -1.07. The van der Waals surface area contributed by atoms with Gasteiger partial charge in [0.2, 0.25) is 11.6 Å². The quantitative estimate of drug-likeness (QED) is 0.555. The van der Waals surface area contributed by atoms with Crippen LogP contribution in [0.1, 0.15) is 0 Å². The molecule has 0 aliphatic rings. The number of hydrogen-bond donors (Lipinski definition) is 3. The van der Waals surface area contributed by atoms with Gasteiger partial charge >= 0.3 is 7.82 Å². The number of imidazole rings is 1. The minimum atomic E-state index is -4.65. The highest BCUT2D eigenvalue weighted by Gasteiger charge is 2.18. The molecule has 10 heteroatoms. The largest absolute Gasteiger partial charge is 0.543 e. The van der Waals surface area contributed by atoms with Gasteiger partial charge in [-0.1, -0.05) is 0 Å². The van der Waals surface area contributed by atoms with Crippen molar-refractivity contribution in [1.29, 1.82) is 0 Å². The van der Waals surface area contributed by atoms with Crippen LogP contribution in [0.3, 0.4) is 0 Å². The van der Waals surface area contributed by atoms with Gasteiger partial charge in [0.1, 0.15) is 11.8 Å². The smallest absolute Gasteiger partial charge is 0.368 e. The first kappa shape index (κ1) is 9.84. The molecule has 15 heavy (non-hydrogen) atoms. The number of hydrogen-bond acceptors (Lipinski definition) is 6. The Morgan fingerprint density at radius 1 is 1.47 bits per heavy atom. The van der Waals surface area contributed by atoms with Gasteiger partial charge in [-0.2, -0.15) is 4.98 Å². The Labute approximate surface area is 82.7 Å². The van der Waals surface area contributed by atoms with E-state index in [1.54, 1.807) is 0 Å². The van der Waals surface area contributed by atoms with Crippen molar-refractivity contribution in [1.82, 2.24) is 19.7 Å². The molecule has 0 saturated heterocycles. The van der Waals surface area contributed by atoms with Crippen LogP contribution >= 0.6 is 7.82 Å². The molecule has 0 aromatic carbocycles. The van der Waals surface area contributed by atoms with Crippen LogP contribution in [-0.4, -0.2) is 29.5 Å². The summed E-state index contributed by atoms with van der Waals surface area (Å²) in [4.78, 5) is 28.3. The number of nitrogens with zero attached hydrogens (tertiary/aromatic N) is 4. The average Bonchev–Trinajstić information content (AvgIpc) is 2.46. The van der Waals surface area contributed by atoms with Crippen LogP contribution in [0.5, 0.6) is 0 Å². The van der Waals surface area contributed by atoms with Crippen molar-refractivity contribution in [2.45, 2.75) is 0 Å². The highest BCUT2D eigenvalue weighted by molar-refractivity contribution is 7.46. The highest BCUT2D eigenvalue weighted by Crippen LogP contribution is 2.32. The molecular formula is C5H6N5O4P. The van der Waals surface area contributed by atoms with E-state index in [2.05, 4.69) is 19.6 Å². The summed E-state index contributed by atoms with van der Waals surface area (Å²) in [5.74, 6) is -0.0430. The van der Waals surface area contributed by atoms with Crippen molar-refractivity contribution in [3.8, 4) is 0 Å². The maximum Gasteiger partial charge on any atom is 0.543 e. The van der Waals surface area contributed by atoms with Crippen molar-refractivity contribution in [2.75, 3.05) is 5.73 Å². The van der Waals surface area contributed by atoms with Gasteiger partial charge in [-0.25, -0.2) is 14.5 Å². The maximum atomic E-state index is 10.6. The van der Waals surface area contributed by atoms with Gasteiger partial charge in [0, 0.05) is 0 Å². The first-order valence-electron chi connectivity index (χ1n) is 3.67. The average molecular weight is 231 g/mol. The Hall–Kier alpha value is -1.70. The number of fused-ring (bicyclic) bond motifs is 1. The lowest BCUT2D eigenvalue weighted by Gasteiger charge is -2.05. The van der Waals surface area contributed by atoms with Crippen LogP contribution < -0.4 is 10.4 Å². The third kappa shape index (κ3) is 2.04. The fourth-order valence-corrected chi connectivity index (χ4v) is 1.33. The van der Waals surface area contributed by atoms with E-state index < -0.39 is 7.82 Å². The molecule has 9 nitrogen and oxygen atoms in total. The first-order valence-corrected chi connectivity index (χ1v) is 5.20. The molecule has 0 aliphatic carbocycles. The summed E-state index contributed by atoms with van der Waals surface area (Å²) < 4.78 is 15.6. The zero-order chi connectivity index (χ0) is 11.1. The maximum absolute atomic E-state index is 10.6. The number of nitrogens with two attached hydrogens (primary N) is 1. The van der Waals surface area contributed by atoms with Crippen LogP contribution in [0, 0.1) is 0 Å². The van der Waals surface area contributed by atoms with E-state index in [1.807, 2.05) is 0 Å². The fraction of sp³-hybridized carbons (Fsp3) is 0. The second-order valence-electron chi connectivity index (χ2n) is 2.58. The standard InChI is InChI=1S/C5H6N5O4P/c6-5-7-1-3-4(9-5)10(2-8-3)14-15(11,12)13/h1-2H,(H2,6,7,9)(H2,11,12,13). The van der Waals surface area contributed by atoms with Crippen molar-refractivity contribution < 1.29 is 19.0 Å². The summed E-state index contributed by atoms with van der Waals surface area (Å²) in [7, 11) is -4.65. The first-order chi connectivity index (χ1) is 6.96. The van der Waals surface area contributed by atoms with Crippen LogP contribution in [0.4, 0.5) is 5.95 Å². The van der Waals surface area contributed by atoms with Crippen molar-refractivity contribution in [3.63, 3.8) is 0 Å². The lowest BCUT2D eigenvalue weighted by molar-refractivity contribution is 0.183. The number of phosphoric acid groups is 1. The van der Waals surface area contributed by atoms with E-state index in [1.165, 1.54) is 6.20 Å². The summed E-state index contributed by atoms with van der Waals surface area (Å²) in [5, 5.41) is 0. The molecule has 0 bridgehead atoms. The summed E-state index contributed by atoms with van der Waals surface area (Å²) >= 11 is 0. The fourth-order valence-electron chi connectivity index (χ4n) is 0.977. The van der Waals surface area contributed by atoms with E-state index in [-0.39, 0.29) is 11.6 Å². The van der Waals surface area contributed by atoms with Gasteiger partial charge in [0.15, 0.2) is 0 Å². The summed E-state index contributed by atoms with van der Waals surface area (Å²) in [5.41, 5.74) is 5.71. The molecule has 0 spiro atoms. The zero-order valence-electron chi connectivity index (χ0n) is 7.18. The number of nitrogen functional groups attached to an aromatic ring is 1.